The molecule has 0 radical (unpaired) electrons. The molecule has 1 saturated carbocycles. The van der Waals surface area contributed by atoms with E-state index in [9.17, 15) is 4.79 Å². The van der Waals surface area contributed by atoms with Gasteiger partial charge in [0, 0.05) is 11.5 Å². The molecule has 1 aromatic heterocycles. The maximum atomic E-state index is 11.9. The Kier molecular flexibility index (Phi) is 2.87. The Balaban J connectivity index is 2.07. The zero-order valence-corrected chi connectivity index (χ0v) is 8.15. The van der Waals surface area contributed by atoms with Crippen LogP contribution in [0.2, 0.25) is 0 Å². The minimum atomic E-state index is 0.230. The Bertz CT molecular complexity index is 304. The minimum absolute atomic E-state index is 0.230. The number of rotatable bonds is 2. The molecule has 0 aliphatic heterocycles. The molecular weight excluding hydrogens is 176 g/mol. The number of nitrogens with zero attached hydrogens (tertiary/aromatic N) is 2. The van der Waals surface area contributed by atoms with Crippen molar-refractivity contribution in [3.63, 3.8) is 0 Å². The number of ketones is 1. The summed E-state index contributed by atoms with van der Waals surface area (Å²) in [5.41, 5.74) is 0.715. The van der Waals surface area contributed by atoms with Crippen LogP contribution in [0.1, 0.15) is 42.5 Å². The van der Waals surface area contributed by atoms with Crippen LogP contribution in [0, 0.1) is 5.92 Å². The zero-order chi connectivity index (χ0) is 9.80. The van der Waals surface area contributed by atoms with Gasteiger partial charge in [-0.05, 0) is 18.9 Å². The van der Waals surface area contributed by atoms with Crippen molar-refractivity contribution < 1.29 is 4.79 Å². The fourth-order valence-corrected chi connectivity index (χ4v) is 2.04. The Morgan fingerprint density at radius 3 is 2.64 bits per heavy atom. The second-order valence-corrected chi connectivity index (χ2v) is 3.83. The summed E-state index contributed by atoms with van der Waals surface area (Å²) < 4.78 is 0. The quantitative estimate of drug-likeness (QED) is 0.672. The molecule has 74 valence electrons. The molecule has 1 aliphatic rings. The summed E-state index contributed by atoms with van der Waals surface area (Å²) in [4.78, 5) is 11.9. The van der Waals surface area contributed by atoms with Crippen LogP contribution < -0.4 is 0 Å². The standard InChI is InChI=1S/C11H14N2O/c14-11(9-4-2-1-3-5-9)10-6-7-12-13-8-10/h6-9H,1-5H2. The number of Topliss-reactive ketones (excluding diaryl/α,β-unsaturated/α-hetero) is 1. The van der Waals surface area contributed by atoms with E-state index in [0.717, 1.165) is 12.8 Å². The number of hydrogen-bond donors (Lipinski definition) is 0. The molecule has 0 unspecified atom stereocenters. The molecule has 0 spiro atoms. The first-order valence-electron chi connectivity index (χ1n) is 5.19. The summed E-state index contributed by atoms with van der Waals surface area (Å²) in [6.45, 7) is 0. The van der Waals surface area contributed by atoms with E-state index >= 15 is 0 Å². The van der Waals surface area contributed by atoms with Gasteiger partial charge in [-0.2, -0.15) is 10.2 Å². The van der Waals surface area contributed by atoms with Crippen molar-refractivity contribution in [3.8, 4) is 0 Å². The van der Waals surface area contributed by atoms with E-state index in [1.165, 1.54) is 19.3 Å². The predicted molar refractivity (Wildman–Crippen MR) is 52.9 cm³/mol. The molecule has 1 fully saturated rings. The summed E-state index contributed by atoms with van der Waals surface area (Å²) in [7, 11) is 0. The van der Waals surface area contributed by atoms with Gasteiger partial charge in [0.25, 0.3) is 0 Å². The highest BCUT2D eigenvalue weighted by Gasteiger charge is 2.22. The fourth-order valence-electron chi connectivity index (χ4n) is 2.04. The molecule has 3 nitrogen and oxygen atoms in total. The molecule has 0 N–H and O–H groups in total. The molecule has 0 amide bonds. The third-order valence-corrected chi connectivity index (χ3v) is 2.84. The monoisotopic (exact) mass is 190 g/mol. The summed E-state index contributed by atoms with van der Waals surface area (Å²) >= 11 is 0. The molecule has 1 aliphatic carbocycles. The van der Waals surface area contributed by atoms with Crippen LogP contribution in [0.5, 0.6) is 0 Å². The van der Waals surface area contributed by atoms with Crippen molar-refractivity contribution in [1.82, 2.24) is 10.2 Å². The predicted octanol–water partition coefficient (Wildman–Crippen LogP) is 2.24. The van der Waals surface area contributed by atoms with Gasteiger partial charge in [-0.3, -0.25) is 4.79 Å². The van der Waals surface area contributed by atoms with Crippen LogP contribution in [-0.4, -0.2) is 16.0 Å². The minimum Gasteiger partial charge on any atom is -0.294 e. The van der Waals surface area contributed by atoms with Gasteiger partial charge in [-0.15, -0.1) is 0 Å². The average Bonchev–Trinajstić information content (AvgIpc) is 2.30. The maximum Gasteiger partial charge on any atom is 0.167 e. The van der Waals surface area contributed by atoms with Gasteiger partial charge in [0.05, 0.1) is 12.4 Å². The Morgan fingerprint density at radius 2 is 2.00 bits per heavy atom. The first-order valence-corrected chi connectivity index (χ1v) is 5.19. The maximum absolute atomic E-state index is 11.9. The van der Waals surface area contributed by atoms with Gasteiger partial charge >= 0.3 is 0 Å². The lowest BCUT2D eigenvalue weighted by Gasteiger charge is -2.19. The van der Waals surface area contributed by atoms with Crippen LogP contribution in [0.4, 0.5) is 0 Å². The van der Waals surface area contributed by atoms with Gasteiger partial charge in [0.1, 0.15) is 0 Å². The Hall–Kier alpha value is -1.25. The highest BCUT2D eigenvalue weighted by atomic mass is 16.1. The second kappa shape index (κ2) is 4.31. The van der Waals surface area contributed by atoms with Crippen LogP contribution in [0.3, 0.4) is 0 Å². The highest BCUT2D eigenvalue weighted by Crippen LogP contribution is 2.26. The lowest BCUT2D eigenvalue weighted by molar-refractivity contribution is 0.0889. The van der Waals surface area contributed by atoms with E-state index in [1.807, 2.05) is 0 Å². The number of hydrogen-bond acceptors (Lipinski definition) is 3. The third kappa shape index (κ3) is 1.97. The Morgan fingerprint density at radius 1 is 1.21 bits per heavy atom. The molecule has 1 aromatic rings. The summed E-state index contributed by atoms with van der Waals surface area (Å²) in [5, 5.41) is 7.40. The first-order chi connectivity index (χ1) is 6.88. The lowest BCUT2D eigenvalue weighted by Crippen LogP contribution is -2.18. The highest BCUT2D eigenvalue weighted by molar-refractivity contribution is 5.97. The zero-order valence-electron chi connectivity index (χ0n) is 8.15. The summed E-state index contributed by atoms with van der Waals surface area (Å²) in [6, 6.07) is 1.75. The number of carbonyl (C=O) groups is 1. The fraction of sp³-hybridized carbons (Fsp3) is 0.545. The molecule has 0 bridgehead atoms. The van der Waals surface area contributed by atoms with Crippen LogP contribution in [0.25, 0.3) is 0 Å². The smallest absolute Gasteiger partial charge is 0.167 e. The first kappa shape index (κ1) is 9.31. The van der Waals surface area contributed by atoms with Crippen molar-refractivity contribution in [3.05, 3.63) is 24.0 Å². The van der Waals surface area contributed by atoms with Crippen molar-refractivity contribution in [2.45, 2.75) is 32.1 Å². The summed E-state index contributed by atoms with van der Waals surface area (Å²) in [6.07, 6.45) is 8.89. The Labute approximate surface area is 83.5 Å². The SMILES string of the molecule is O=C(c1ccnnc1)C1CCCCC1. The van der Waals surface area contributed by atoms with E-state index in [0.29, 0.717) is 5.56 Å². The van der Waals surface area contributed by atoms with Crippen LogP contribution in [-0.2, 0) is 0 Å². The summed E-state index contributed by atoms with van der Waals surface area (Å²) in [5.74, 6) is 0.479. The molecular formula is C11H14N2O. The van der Waals surface area contributed by atoms with Gasteiger partial charge < -0.3 is 0 Å². The van der Waals surface area contributed by atoms with Crippen LogP contribution in [0.15, 0.2) is 18.5 Å². The second-order valence-electron chi connectivity index (χ2n) is 3.83. The average molecular weight is 190 g/mol. The van der Waals surface area contributed by atoms with Gasteiger partial charge in [-0.25, -0.2) is 0 Å². The normalized spacial score (nSPS) is 18.0. The molecule has 1 heterocycles. The van der Waals surface area contributed by atoms with Crippen molar-refractivity contribution in [2.75, 3.05) is 0 Å². The van der Waals surface area contributed by atoms with E-state index in [-0.39, 0.29) is 11.7 Å². The molecule has 14 heavy (non-hydrogen) atoms. The lowest BCUT2D eigenvalue weighted by atomic mass is 9.84. The van der Waals surface area contributed by atoms with E-state index in [1.54, 1.807) is 18.5 Å². The number of aromatic nitrogens is 2. The largest absolute Gasteiger partial charge is 0.294 e. The van der Waals surface area contributed by atoms with E-state index in [2.05, 4.69) is 10.2 Å². The topological polar surface area (TPSA) is 42.9 Å². The molecule has 3 heteroatoms. The molecule has 0 atom stereocenters. The van der Waals surface area contributed by atoms with Gasteiger partial charge in [0.2, 0.25) is 0 Å². The molecule has 2 rings (SSSR count). The van der Waals surface area contributed by atoms with Crippen molar-refractivity contribution >= 4 is 5.78 Å². The van der Waals surface area contributed by atoms with E-state index in [4.69, 9.17) is 0 Å². The van der Waals surface area contributed by atoms with Crippen LogP contribution >= 0.6 is 0 Å². The van der Waals surface area contributed by atoms with Crippen molar-refractivity contribution in [2.24, 2.45) is 5.92 Å². The molecule has 0 aromatic carbocycles. The third-order valence-electron chi connectivity index (χ3n) is 2.84. The van der Waals surface area contributed by atoms with E-state index < -0.39 is 0 Å². The van der Waals surface area contributed by atoms with Gasteiger partial charge in [-0.1, -0.05) is 19.3 Å². The van der Waals surface area contributed by atoms with Gasteiger partial charge in [0.15, 0.2) is 5.78 Å². The number of carbonyl (C=O) groups excluding carboxylic acids is 1. The van der Waals surface area contributed by atoms with Crippen molar-refractivity contribution in [1.29, 1.82) is 0 Å². The molecule has 0 saturated heterocycles.